The van der Waals surface area contributed by atoms with Crippen LogP contribution in [0.3, 0.4) is 0 Å². The van der Waals surface area contributed by atoms with Crippen molar-refractivity contribution in [1.29, 1.82) is 0 Å². The van der Waals surface area contributed by atoms with E-state index in [0.29, 0.717) is 33.3 Å². The predicted molar refractivity (Wildman–Crippen MR) is 132 cm³/mol. The molecule has 1 aromatic heterocycles. The Morgan fingerprint density at radius 2 is 1.58 bits per heavy atom. The van der Waals surface area contributed by atoms with Gasteiger partial charge in [0.1, 0.15) is 12.7 Å². The van der Waals surface area contributed by atoms with Crippen LogP contribution in [0, 0.1) is 0 Å². The molecule has 1 N–H and O–H groups in total. The Labute approximate surface area is 205 Å². The first-order chi connectivity index (χ1) is 17.5. The summed E-state index contributed by atoms with van der Waals surface area (Å²) in [5.41, 5.74) is 2.54. The fourth-order valence-electron chi connectivity index (χ4n) is 4.93. The van der Waals surface area contributed by atoms with Crippen molar-refractivity contribution in [3.63, 3.8) is 0 Å². The van der Waals surface area contributed by atoms with Crippen LogP contribution in [0.25, 0.3) is 10.9 Å². The number of para-hydroxylation sites is 2. The topological polar surface area (TPSA) is 105 Å². The van der Waals surface area contributed by atoms with Crippen molar-refractivity contribution in [2.24, 2.45) is 0 Å². The van der Waals surface area contributed by atoms with Gasteiger partial charge in [0.25, 0.3) is 17.4 Å². The summed E-state index contributed by atoms with van der Waals surface area (Å²) in [6, 6.07) is 21.1. The monoisotopic (exact) mass is 479 g/mol. The molecule has 1 atom stereocenters. The van der Waals surface area contributed by atoms with Crippen molar-refractivity contribution in [3.05, 3.63) is 106 Å². The lowest BCUT2D eigenvalue weighted by Crippen LogP contribution is -2.51. The van der Waals surface area contributed by atoms with E-state index in [2.05, 4.69) is 10.3 Å². The summed E-state index contributed by atoms with van der Waals surface area (Å²) < 4.78 is 1.44. The molecule has 0 saturated carbocycles. The molecule has 2 aliphatic rings. The quantitative estimate of drug-likeness (QED) is 0.473. The van der Waals surface area contributed by atoms with Crippen LogP contribution in [0.2, 0.25) is 0 Å². The van der Waals surface area contributed by atoms with Crippen molar-refractivity contribution in [2.75, 3.05) is 18.0 Å². The molecule has 0 aliphatic carbocycles. The molecule has 0 saturated heterocycles. The SMILES string of the molecule is O=C(CN1C(=O)c2ccccc2N2C(=O)c3ccccc3[C@H]12)NCCn1cnc2ccccc2c1=O. The standard InChI is InChI=1S/C27H21N5O4/c33-23(28-13-14-30-16-29-21-11-5-3-9-19(21)25(30)34)15-31-24-17-7-1-2-8-18(17)27(36)32(24)22-12-6-4-10-20(22)26(31)35/h1-12,16,24H,13-15H2,(H,28,33)/t24-/m1/s1. The number of nitrogens with zero attached hydrogens (tertiary/aromatic N) is 4. The van der Waals surface area contributed by atoms with E-state index in [0.717, 1.165) is 0 Å². The van der Waals surface area contributed by atoms with Gasteiger partial charge in [-0.2, -0.15) is 0 Å². The van der Waals surface area contributed by atoms with E-state index in [1.54, 1.807) is 59.5 Å². The highest BCUT2D eigenvalue weighted by atomic mass is 16.2. The number of nitrogens with one attached hydrogen (secondary N) is 1. The number of hydrogen-bond donors (Lipinski definition) is 1. The van der Waals surface area contributed by atoms with E-state index in [4.69, 9.17) is 0 Å². The minimum atomic E-state index is -0.700. The fraction of sp³-hybridized carbons (Fsp3) is 0.148. The average Bonchev–Trinajstić information content (AvgIpc) is 3.20. The van der Waals surface area contributed by atoms with Crippen LogP contribution in [0.5, 0.6) is 0 Å². The molecule has 6 rings (SSSR count). The molecule has 4 aromatic rings. The van der Waals surface area contributed by atoms with E-state index in [1.807, 2.05) is 18.2 Å². The highest BCUT2D eigenvalue weighted by molar-refractivity contribution is 6.17. The molecule has 0 bridgehead atoms. The van der Waals surface area contributed by atoms with Gasteiger partial charge >= 0.3 is 0 Å². The number of carbonyl (C=O) groups excluding carboxylic acids is 3. The third-order valence-corrected chi connectivity index (χ3v) is 6.60. The molecule has 0 fully saturated rings. The number of carbonyl (C=O) groups is 3. The summed E-state index contributed by atoms with van der Waals surface area (Å²) in [6.45, 7) is 0.179. The number of aromatic nitrogens is 2. The molecule has 3 heterocycles. The Bertz CT molecular complexity index is 1610. The fourth-order valence-corrected chi connectivity index (χ4v) is 4.93. The van der Waals surface area contributed by atoms with Gasteiger partial charge in [0, 0.05) is 24.2 Å². The molecule has 178 valence electrons. The average molecular weight is 479 g/mol. The third kappa shape index (κ3) is 3.36. The van der Waals surface area contributed by atoms with Gasteiger partial charge in [-0.3, -0.25) is 28.6 Å². The number of amides is 3. The molecule has 0 radical (unpaired) electrons. The summed E-state index contributed by atoms with van der Waals surface area (Å²) in [6.07, 6.45) is 0.759. The molecule has 36 heavy (non-hydrogen) atoms. The third-order valence-electron chi connectivity index (χ3n) is 6.60. The predicted octanol–water partition coefficient (Wildman–Crippen LogP) is 2.33. The molecule has 3 aromatic carbocycles. The lowest BCUT2D eigenvalue weighted by atomic mass is 10.0. The van der Waals surface area contributed by atoms with Gasteiger partial charge in [-0.1, -0.05) is 42.5 Å². The molecule has 0 unspecified atom stereocenters. The number of hydrogen-bond acceptors (Lipinski definition) is 5. The zero-order chi connectivity index (χ0) is 24.8. The summed E-state index contributed by atoms with van der Waals surface area (Å²) in [5.74, 6) is -0.910. The van der Waals surface area contributed by atoms with Crippen LogP contribution < -0.4 is 15.8 Å². The Morgan fingerprint density at radius 3 is 2.44 bits per heavy atom. The number of fused-ring (bicyclic) bond motifs is 6. The highest BCUT2D eigenvalue weighted by Gasteiger charge is 2.47. The second-order valence-corrected chi connectivity index (χ2v) is 8.70. The van der Waals surface area contributed by atoms with Crippen LogP contribution >= 0.6 is 0 Å². The Kier molecular flexibility index (Phi) is 5.10. The Morgan fingerprint density at radius 1 is 0.861 bits per heavy atom. The first kappa shape index (κ1) is 21.7. The number of rotatable bonds is 5. The van der Waals surface area contributed by atoms with E-state index in [-0.39, 0.29) is 42.9 Å². The van der Waals surface area contributed by atoms with Crippen LogP contribution in [-0.2, 0) is 11.3 Å². The van der Waals surface area contributed by atoms with E-state index in [1.165, 1.54) is 15.8 Å². The minimum absolute atomic E-state index is 0.182. The Hall–Kier alpha value is -4.79. The maximum Gasteiger partial charge on any atom is 0.261 e. The molecule has 3 amide bonds. The second kappa shape index (κ2) is 8.46. The highest BCUT2D eigenvalue weighted by Crippen LogP contribution is 2.44. The first-order valence-corrected chi connectivity index (χ1v) is 11.6. The molecular formula is C27H21N5O4. The summed E-state index contributed by atoms with van der Waals surface area (Å²) in [5, 5.41) is 3.30. The lowest BCUT2D eigenvalue weighted by Gasteiger charge is -2.40. The minimum Gasteiger partial charge on any atom is -0.353 e. The van der Waals surface area contributed by atoms with Crippen molar-refractivity contribution in [1.82, 2.24) is 19.8 Å². The Balaban J connectivity index is 1.22. The summed E-state index contributed by atoms with van der Waals surface area (Å²) in [4.78, 5) is 59.6. The zero-order valence-electron chi connectivity index (χ0n) is 19.1. The number of anilines is 1. The smallest absolute Gasteiger partial charge is 0.261 e. The van der Waals surface area contributed by atoms with Crippen LogP contribution in [0.4, 0.5) is 5.69 Å². The van der Waals surface area contributed by atoms with Crippen molar-refractivity contribution in [2.45, 2.75) is 12.7 Å². The van der Waals surface area contributed by atoms with Gasteiger partial charge in [0.2, 0.25) is 5.91 Å². The molecule has 9 nitrogen and oxygen atoms in total. The first-order valence-electron chi connectivity index (χ1n) is 11.6. The van der Waals surface area contributed by atoms with Crippen molar-refractivity contribution >= 4 is 34.3 Å². The maximum atomic E-state index is 13.4. The molecule has 0 spiro atoms. The maximum absolute atomic E-state index is 13.4. The van der Waals surface area contributed by atoms with Crippen LogP contribution in [-0.4, -0.2) is 45.3 Å². The van der Waals surface area contributed by atoms with Crippen molar-refractivity contribution < 1.29 is 14.4 Å². The van der Waals surface area contributed by atoms with Crippen LogP contribution in [0.15, 0.2) is 83.9 Å². The largest absolute Gasteiger partial charge is 0.353 e. The van der Waals surface area contributed by atoms with Gasteiger partial charge in [-0.25, -0.2) is 4.98 Å². The van der Waals surface area contributed by atoms with Gasteiger partial charge in [0.05, 0.1) is 28.5 Å². The van der Waals surface area contributed by atoms with E-state index < -0.39 is 6.17 Å². The normalized spacial score (nSPS) is 16.1. The van der Waals surface area contributed by atoms with Gasteiger partial charge < -0.3 is 10.2 Å². The summed E-state index contributed by atoms with van der Waals surface area (Å²) in [7, 11) is 0. The van der Waals surface area contributed by atoms with Crippen LogP contribution in [0.1, 0.15) is 32.4 Å². The second-order valence-electron chi connectivity index (χ2n) is 8.70. The van der Waals surface area contributed by atoms with E-state index >= 15 is 0 Å². The van der Waals surface area contributed by atoms with Crippen molar-refractivity contribution in [3.8, 4) is 0 Å². The van der Waals surface area contributed by atoms with E-state index in [9.17, 15) is 19.2 Å². The molecule has 2 aliphatic heterocycles. The lowest BCUT2D eigenvalue weighted by molar-refractivity contribution is -0.122. The summed E-state index contributed by atoms with van der Waals surface area (Å²) >= 11 is 0. The van der Waals surface area contributed by atoms with Gasteiger partial charge in [-0.05, 0) is 30.3 Å². The van der Waals surface area contributed by atoms with Gasteiger partial charge in [-0.15, -0.1) is 0 Å². The zero-order valence-corrected chi connectivity index (χ0v) is 19.1. The molecular weight excluding hydrogens is 458 g/mol. The molecule has 9 heteroatoms. The number of benzene rings is 3. The van der Waals surface area contributed by atoms with Gasteiger partial charge in [0.15, 0.2) is 0 Å².